The molecule has 4 aromatic rings. The van der Waals surface area contributed by atoms with Crippen LogP contribution < -0.4 is 4.74 Å². The van der Waals surface area contributed by atoms with Crippen LogP contribution in [0.1, 0.15) is 19.4 Å². The molecule has 1 amide bonds. The molecule has 0 saturated carbocycles. The molecule has 0 atom stereocenters. The summed E-state index contributed by atoms with van der Waals surface area (Å²) < 4.78 is 12.5. The number of carbonyl (C=O) groups is 1. The Kier molecular flexibility index (Phi) is 4.87. The molecular weight excluding hydrogens is 378 g/mol. The maximum atomic E-state index is 11.5. The van der Waals surface area contributed by atoms with Gasteiger partial charge in [0.2, 0.25) is 0 Å². The molecule has 28 heavy (non-hydrogen) atoms. The second-order valence-electron chi connectivity index (χ2n) is 6.88. The van der Waals surface area contributed by atoms with E-state index in [1.54, 1.807) is 18.5 Å². The van der Waals surface area contributed by atoms with Gasteiger partial charge in [0.25, 0.3) is 5.19 Å². The molecule has 3 aromatic heterocycles. The molecule has 0 bridgehead atoms. The van der Waals surface area contributed by atoms with E-state index in [2.05, 4.69) is 9.97 Å². The summed E-state index contributed by atoms with van der Waals surface area (Å²) in [7, 11) is 0. The number of hydrogen-bond acceptors (Lipinski definition) is 6. The Morgan fingerprint density at radius 3 is 2.96 bits per heavy atom. The highest BCUT2D eigenvalue weighted by atomic mass is 32.1. The normalized spacial score (nSPS) is 11.4. The lowest BCUT2D eigenvalue weighted by atomic mass is 10.1. The van der Waals surface area contributed by atoms with Crippen LogP contribution in [0.3, 0.4) is 0 Å². The van der Waals surface area contributed by atoms with E-state index >= 15 is 0 Å². The first-order valence-electron chi connectivity index (χ1n) is 8.87. The van der Waals surface area contributed by atoms with E-state index in [0.717, 1.165) is 15.6 Å². The Hall–Kier alpha value is -3.13. The third-order valence-electron chi connectivity index (χ3n) is 4.19. The van der Waals surface area contributed by atoms with Gasteiger partial charge in [-0.2, -0.15) is 4.98 Å². The average molecular weight is 397 g/mol. The van der Waals surface area contributed by atoms with Gasteiger partial charge < -0.3 is 19.2 Å². The van der Waals surface area contributed by atoms with Crippen LogP contribution in [0.15, 0.2) is 47.2 Å². The largest absolute Gasteiger partial charge is 0.465 e. The number of pyridine rings is 1. The fourth-order valence-electron chi connectivity index (χ4n) is 3.00. The predicted octanol–water partition coefficient (Wildman–Crippen LogP) is 5.37. The molecule has 144 valence electrons. The first-order chi connectivity index (χ1) is 13.5. The van der Waals surface area contributed by atoms with Crippen molar-refractivity contribution in [1.82, 2.24) is 14.9 Å². The molecule has 0 radical (unpaired) electrons. The molecule has 7 nitrogen and oxygen atoms in total. The first-order valence-corrected chi connectivity index (χ1v) is 9.68. The topological polar surface area (TPSA) is 88.7 Å². The van der Waals surface area contributed by atoms with Crippen molar-refractivity contribution in [3.8, 4) is 10.9 Å². The SMILES string of the molecule is CC(C)CN(Cc1coc2cc(Oc3nc4ncccc4s3)ccc12)C(=O)O. The molecule has 3 heterocycles. The standard InChI is InChI=1S/C20H19N3O4S/c1-12(2)9-23(20(24)25)10-13-11-26-16-8-14(5-6-15(13)16)27-19-22-18-17(28-19)4-3-7-21-18/h3-8,11-12H,9-10H2,1-2H3,(H,24,25). The van der Waals surface area contributed by atoms with Gasteiger partial charge in [-0.3, -0.25) is 0 Å². The number of nitrogens with zero attached hydrogens (tertiary/aromatic N) is 3. The number of benzene rings is 1. The third-order valence-corrected chi connectivity index (χ3v) is 5.08. The molecule has 0 aliphatic rings. The lowest BCUT2D eigenvalue weighted by Crippen LogP contribution is -2.32. The van der Waals surface area contributed by atoms with Gasteiger partial charge in [-0.1, -0.05) is 25.2 Å². The third kappa shape index (κ3) is 3.77. The van der Waals surface area contributed by atoms with Crippen molar-refractivity contribution in [2.45, 2.75) is 20.4 Å². The number of aromatic nitrogens is 2. The van der Waals surface area contributed by atoms with Crippen LogP contribution in [0, 0.1) is 5.92 Å². The van der Waals surface area contributed by atoms with Gasteiger partial charge in [-0.15, -0.1) is 0 Å². The van der Waals surface area contributed by atoms with Crippen molar-refractivity contribution in [2.75, 3.05) is 6.54 Å². The van der Waals surface area contributed by atoms with Crippen molar-refractivity contribution in [2.24, 2.45) is 5.92 Å². The average Bonchev–Trinajstić information content (AvgIpc) is 3.24. The molecule has 1 aromatic carbocycles. The van der Waals surface area contributed by atoms with E-state index in [1.807, 2.05) is 38.1 Å². The van der Waals surface area contributed by atoms with E-state index < -0.39 is 6.09 Å². The first kappa shape index (κ1) is 18.2. The van der Waals surface area contributed by atoms with Gasteiger partial charge in [-0.05, 0) is 30.2 Å². The number of ether oxygens (including phenoxy) is 1. The summed E-state index contributed by atoms with van der Waals surface area (Å²) in [6.45, 7) is 4.73. The second-order valence-corrected chi connectivity index (χ2v) is 7.88. The molecule has 1 N–H and O–H groups in total. The molecule has 0 aliphatic heterocycles. The zero-order valence-electron chi connectivity index (χ0n) is 15.5. The van der Waals surface area contributed by atoms with Gasteiger partial charge >= 0.3 is 6.09 Å². The van der Waals surface area contributed by atoms with Gasteiger partial charge in [0.15, 0.2) is 5.65 Å². The molecule has 0 unspecified atom stereocenters. The summed E-state index contributed by atoms with van der Waals surface area (Å²) >= 11 is 1.42. The molecule has 4 rings (SSSR count). The molecule has 0 aliphatic carbocycles. The van der Waals surface area contributed by atoms with Crippen LogP contribution in [-0.2, 0) is 6.54 Å². The van der Waals surface area contributed by atoms with Crippen LogP contribution in [0.25, 0.3) is 21.3 Å². The van der Waals surface area contributed by atoms with Crippen molar-refractivity contribution < 1.29 is 19.1 Å². The molecular formula is C20H19N3O4S. The number of carboxylic acid groups (broad SMARTS) is 1. The second kappa shape index (κ2) is 7.47. The zero-order valence-corrected chi connectivity index (χ0v) is 16.3. The highest BCUT2D eigenvalue weighted by Gasteiger charge is 2.17. The fourth-order valence-corrected chi connectivity index (χ4v) is 3.79. The van der Waals surface area contributed by atoms with Crippen molar-refractivity contribution in [1.29, 1.82) is 0 Å². The van der Waals surface area contributed by atoms with Crippen molar-refractivity contribution in [3.05, 3.63) is 48.4 Å². The van der Waals surface area contributed by atoms with Gasteiger partial charge in [0.1, 0.15) is 11.3 Å². The summed E-state index contributed by atoms with van der Waals surface area (Å²) in [4.78, 5) is 21.5. The van der Waals surface area contributed by atoms with E-state index in [0.29, 0.717) is 28.7 Å². The maximum Gasteiger partial charge on any atom is 0.407 e. The van der Waals surface area contributed by atoms with Crippen molar-refractivity contribution in [3.63, 3.8) is 0 Å². The Balaban J connectivity index is 1.56. The molecule has 8 heteroatoms. The van der Waals surface area contributed by atoms with Gasteiger partial charge in [0.05, 0.1) is 17.5 Å². The van der Waals surface area contributed by atoms with E-state index in [1.165, 1.54) is 16.2 Å². The Morgan fingerprint density at radius 2 is 2.21 bits per heavy atom. The number of hydrogen-bond donors (Lipinski definition) is 1. The Morgan fingerprint density at radius 1 is 1.36 bits per heavy atom. The minimum Gasteiger partial charge on any atom is -0.465 e. The smallest absolute Gasteiger partial charge is 0.407 e. The lowest BCUT2D eigenvalue weighted by molar-refractivity contribution is 0.136. The maximum absolute atomic E-state index is 11.5. The van der Waals surface area contributed by atoms with Gasteiger partial charge in [0, 0.05) is 29.8 Å². The van der Waals surface area contributed by atoms with Crippen LogP contribution in [0.5, 0.6) is 10.9 Å². The number of thiazole rings is 1. The van der Waals surface area contributed by atoms with E-state index in [4.69, 9.17) is 9.15 Å². The summed E-state index contributed by atoms with van der Waals surface area (Å²) in [5.74, 6) is 0.849. The monoisotopic (exact) mass is 397 g/mol. The van der Waals surface area contributed by atoms with Crippen LogP contribution >= 0.6 is 11.3 Å². The summed E-state index contributed by atoms with van der Waals surface area (Å²) in [6, 6.07) is 9.30. The summed E-state index contributed by atoms with van der Waals surface area (Å²) in [5.41, 5.74) is 2.12. The number of amides is 1. The molecule has 0 saturated heterocycles. The highest BCUT2D eigenvalue weighted by molar-refractivity contribution is 7.20. The fraction of sp³-hybridized carbons (Fsp3) is 0.250. The minimum absolute atomic E-state index is 0.248. The van der Waals surface area contributed by atoms with Crippen LogP contribution in [0.4, 0.5) is 4.79 Å². The van der Waals surface area contributed by atoms with Crippen LogP contribution in [0.2, 0.25) is 0 Å². The Labute approximate surface area is 165 Å². The van der Waals surface area contributed by atoms with Crippen LogP contribution in [-0.4, -0.2) is 32.6 Å². The predicted molar refractivity (Wildman–Crippen MR) is 107 cm³/mol. The summed E-state index contributed by atoms with van der Waals surface area (Å²) in [6.07, 6.45) is 2.36. The number of furan rings is 1. The number of fused-ring (bicyclic) bond motifs is 2. The highest BCUT2D eigenvalue weighted by Crippen LogP contribution is 2.33. The number of rotatable bonds is 6. The lowest BCUT2D eigenvalue weighted by Gasteiger charge is -2.20. The van der Waals surface area contributed by atoms with Crippen molar-refractivity contribution >= 4 is 38.7 Å². The Bertz CT molecular complexity index is 1100. The summed E-state index contributed by atoms with van der Waals surface area (Å²) in [5, 5.41) is 10.8. The van der Waals surface area contributed by atoms with E-state index in [9.17, 15) is 9.90 Å². The minimum atomic E-state index is -0.938. The quantitative estimate of drug-likeness (QED) is 0.471. The molecule has 0 fully saturated rings. The van der Waals surface area contributed by atoms with Gasteiger partial charge in [-0.25, -0.2) is 9.78 Å². The molecule has 0 spiro atoms. The van der Waals surface area contributed by atoms with E-state index in [-0.39, 0.29) is 12.5 Å². The zero-order chi connectivity index (χ0) is 19.7.